The highest BCUT2D eigenvalue weighted by molar-refractivity contribution is 6.00. The molecule has 1 aromatic rings. The molecule has 1 unspecified atom stereocenters. The van der Waals surface area contributed by atoms with Crippen LogP contribution in [0, 0.1) is 0 Å². The van der Waals surface area contributed by atoms with Gasteiger partial charge in [-0.15, -0.1) is 0 Å². The Labute approximate surface area is 102 Å². The molecule has 4 nitrogen and oxygen atoms in total. The van der Waals surface area contributed by atoms with Gasteiger partial charge in [0, 0.05) is 12.1 Å². The lowest BCUT2D eigenvalue weighted by atomic mass is 10.0. The number of likely N-dealkylation sites (N-methyl/N-ethyl adjacent to an activating group) is 1. The Morgan fingerprint density at radius 2 is 2.24 bits per heavy atom. The lowest BCUT2D eigenvalue weighted by Crippen LogP contribution is -2.33. The molecule has 1 atom stereocenters. The Kier molecular flexibility index (Phi) is 3.33. The van der Waals surface area contributed by atoms with Crippen molar-refractivity contribution in [1.29, 1.82) is 0 Å². The topological polar surface area (TPSA) is 41.6 Å². The molecule has 0 spiro atoms. The van der Waals surface area contributed by atoms with Gasteiger partial charge in [0.05, 0.1) is 11.7 Å². The lowest BCUT2D eigenvalue weighted by Gasteiger charge is -2.21. The standard InChI is InChI=1S/C13H18N2O2/c1-9(15(2)3)13(16)10-4-5-12-11(8-10)14-6-7-17-12/h4-5,8-9,14H,6-7H2,1-3H3. The van der Waals surface area contributed by atoms with Gasteiger partial charge in [0.25, 0.3) is 0 Å². The van der Waals surface area contributed by atoms with Gasteiger partial charge in [-0.25, -0.2) is 0 Å². The normalized spacial score (nSPS) is 15.8. The summed E-state index contributed by atoms with van der Waals surface area (Å²) in [5, 5.41) is 3.24. The highest BCUT2D eigenvalue weighted by atomic mass is 16.5. The van der Waals surface area contributed by atoms with Crippen molar-refractivity contribution in [3.63, 3.8) is 0 Å². The number of rotatable bonds is 3. The van der Waals surface area contributed by atoms with Crippen LogP contribution in [0.5, 0.6) is 5.75 Å². The van der Waals surface area contributed by atoms with E-state index in [2.05, 4.69) is 5.32 Å². The maximum absolute atomic E-state index is 12.2. The van der Waals surface area contributed by atoms with Gasteiger partial charge >= 0.3 is 0 Å². The molecule has 0 radical (unpaired) electrons. The van der Waals surface area contributed by atoms with Crippen LogP contribution in [0.4, 0.5) is 5.69 Å². The molecule has 4 heteroatoms. The number of nitrogens with one attached hydrogen (secondary N) is 1. The van der Waals surface area contributed by atoms with Gasteiger partial charge in [0.2, 0.25) is 0 Å². The second-order valence-electron chi connectivity index (χ2n) is 4.49. The number of Topliss-reactive ketones (excluding diaryl/α,β-unsaturated/α-hetero) is 1. The van der Waals surface area contributed by atoms with E-state index in [9.17, 15) is 4.79 Å². The Bertz CT molecular complexity index is 429. The number of fused-ring (bicyclic) bond motifs is 1. The van der Waals surface area contributed by atoms with Gasteiger partial charge in [-0.2, -0.15) is 0 Å². The van der Waals surface area contributed by atoms with Gasteiger partial charge < -0.3 is 10.1 Å². The monoisotopic (exact) mass is 234 g/mol. The number of carbonyl (C=O) groups excluding carboxylic acids is 1. The molecule has 1 aliphatic heterocycles. The van der Waals surface area contributed by atoms with Crippen LogP contribution in [0.15, 0.2) is 18.2 Å². The van der Waals surface area contributed by atoms with Gasteiger partial charge in [-0.1, -0.05) is 0 Å². The fourth-order valence-electron chi connectivity index (χ4n) is 1.77. The maximum atomic E-state index is 12.2. The molecule has 1 N–H and O–H groups in total. The van der Waals surface area contributed by atoms with Crippen molar-refractivity contribution >= 4 is 11.5 Å². The Morgan fingerprint density at radius 1 is 1.47 bits per heavy atom. The number of ketones is 1. The number of hydrogen-bond donors (Lipinski definition) is 1. The van der Waals surface area contributed by atoms with Gasteiger partial charge in [0.1, 0.15) is 12.4 Å². The second kappa shape index (κ2) is 4.75. The van der Waals surface area contributed by atoms with Crippen molar-refractivity contribution in [3.8, 4) is 5.75 Å². The molecular formula is C13H18N2O2. The zero-order valence-corrected chi connectivity index (χ0v) is 10.5. The fourth-order valence-corrected chi connectivity index (χ4v) is 1.77. The largest absolute Gasteiger partial charge is 0.490 e. The van der Waals surface area contributed by atoms with E-state index < -0.39 is 0 Å². The van der Waals surface area contributed by atoms with Crippen molar-refractivity contribution in [2.75, 3.05) is 32.6 Å². The first-order chi connectivity index (χ1) is 8.09. The van der Waals surface area contributed by atoms with E-state index in [1.54, 1.807) is 0 Å². The summed E-state index contributed by atoms with van der Waals surface area (Å²) in [7, 11) is 3.81. The van der Waals surface area contributed by atoms with Crippen LogP contribution in [0.2, 0.25) is 0 Å². The zero-order chi connectivity index (χ0) is 12.4. The molecule has 0 fully saturated rings. The Hall–Kier alpha value is -1.55. The summed E-state index contributed by atoms with van der Waals surface area (Å²) in [6, 6.07) is 5.44. The van der Waals surface area contributed by atoms with Crippen LogP contribution in [0.25, 0.3) is 0 Å². The number of ether oxygens (including phenoxy) is 1. The molecule has 0 saturated carbocycles. The van der Waals surface area contributed by atoms with Crippen LogP contribution in [0.1, 0.15) is 17.3 Å². The average molecular weight is 234 g/mol. The quantitative estimate of drug-likeness (QED) is 0.807. The Balaban J connectivity index is 2.25. The summed E-state index contributed by atoms with van der Waals surface area (Å²) < 4.78 is 5.48. The third-order valence-corrected chi connectivity index (χ3v) is 3.09. The molecule has 0 amide bonds. The molecule has 1 heterocycles. The van der Waals surface area contributed by atoms with E-state index in [0.29, 0.717) is 6.61 Å². The van der Waals surface area contributed by atoms with Gasteiger partial charge in [-0.3, -0.25) is 9.69 Å². The number of anilines is 1. The predicted octanol–water partition coefficient (Wildman–Crippen LogP) is 1.62. The van der Waals surface area contributed by atoms with Crippen LogP contribution in [0.3, 0.4) is 0 Å². The minimum atomic E-state index is -0.113. The summed E-state index contributed by atoms with van der Waals surface area (Å²) in [6.45, 7) is 3.37. The van der Waals surface area contributed by atoms with E-state index in [0.717, 1.165) is 23.5 Å². The maximum Gasteiger partial charge on any atom is 0.179 e. The minimum absolute atomic E-state index is 0.113. The molecule has 0 aromatic heterocycles. The summed E-state index contributed by atoms with van der Waals surface area (Å²) in [5.41, 5.74) is 1.64. The first-order valence-corrected chi connectivity index (χ1v) is 5.81. The first kappa shape index (κ1) is 11.9. The summed E-state index contributed by atoms with van der Waals surface area (Å²) in [4.78, 5) is 14.1. The highest BCUT2D eigenvalue weighted by Crippen LogP contribution is 2.28. The first-order valence-electron chi connectivity index (χ1n) is 5.81. The second-order valence-corrected chi connectivity index (χ2v) is 4.49. The van der Waals surface area contributed by atoms with Crippen LogP contribution in [-0.2, 0) is 0 Å². The van der Waals surface area contributed by atoms with E-state index >= 15 is 0 Å². The third-order valence-electron chi connectivity index (χ3n) is 3.09. The third kappa shape index (κ3) is 2.42. The fraction of sp³-hybridized carbons (Fsp3) is 0.462. The van der Waals surface area contributed by atoms with Crippen molar-refractivity contribution < 1.29 is 9.53 Å². The van der Waals surface area contributed by atoms with Crippen LogP contribution >= 0.6 is 0 Å². The molecular weight excluding hydrogens is 216 g/mol. The van der Waals surface area contributed by atoms with Gasteiger partial charge in [-0.05, 0) is 39.2 Å². The van der Waals surface area contributed by atoms with Crippen molar-refractivity contribution in [3.05, 3.63) is 23.8 Å². The summed E-state index contributed by atoms with van der Waals surface area (Å²) >= 11 is 0. The van der Waals surface area contributed by atoms with Crippen molar-refractivity contribution in [2.24, 2.45) is 0 Å². The van der Waals surface area contributed by atoms with E-state index in [-0.39, 0.29) is 11.8 Å². The van der Waals surface area contributed by atoms with E-state index in [1.807, 2.05) is 44.1 Å². The average Bonchev–Trinajstić information content (AvgIpc) is 2.36. The van der Waals surface area contributed by atoms with Crippen molar-refractivity contribution in [1.82, 2.24) is 4.90 Å². The molecule has 92 valence electrons. The smallest absolute Gasteiger partial charge is 0.179 e. The Morgan fingerprint density at radius 3 is 2.94 bits per heavy atom. The van der Waals surface area contributed by atoms with Crippen LogP contribution in [-0.4, -0.2) is 44.0 Å². The number of carbonyl (C=O) groups is 1. The number of benzene rings is 1. The molecule has 1 aliphatic rings. The predicted molar refractivity (Wildman–Crippen MR) is 67.9 cm³/mol. The van der Waals surface area contributed by atoms with Crippen molar-refractivity contribution in [2.45, 2.75) is 13.0 Å². The molecule has 17 heavy (non-hydrogen) atoms. The number of hydrogen-bond acceptors (Lipinski definition) is 4. The SMILES string of the molecule is CC(C(=O)c1ccc2c(c1)NCCO2)N(C)C. The van der Waals surface area contributed by atoms with Gasteiger partial charge in [0.15, 0.2) is 5.78 Å². The molecule has 1 aromatic carbocycles. The summed E-state index contributed by atoms with van der Waals surface area (Å²) in [6.07, 6.45) is 0. The molecule has 0 saturated heterocycles. The van der Waals surface area contributed by atoms with E-state index in [4.69, 9.17) is 4.74 Å². The van der Waals surface area contributed by atoms with Crippen LogP contribution < -0.4 is 10.1 Å². The molecule has 2 rings (SSSR count). The summed E-state index contributed by atoms with van der Waals surface area (Å²) in [5.74, 6) is 0.954. The number of nitrogens with zero attached hydrogens (tertiary/aromatic N) is 1. The van der Waals surface area contributed by atoms with E-state index in [1.165, 1.54) is 0 Å². The zero-order valence-electron chi connectivity index (χ0n) is 10.5. The molecule has 0 bridgehead atoms. The lowest BCUT2D eigenvalue weighted by molar-refractivity contribution is 0.0890. The molecule has 0 aliphatic carbocycles. The highest BCUT2D eigenvalue weighted by Gasteiger charge is 2.19. The minimum Gasteiger partial charge on any atom is -0.490 e.